The smallest absolute Gasteiger partial charge is 0.344 e. The van der Waals surface area contributed by atoms with E-state index in [0.29, 0.717) is 32.8 Å². The van der Waals surface area contributed by atoms with E-state index in [-0.39, 0.29) is 0 Å². The Balaban J connectivity index is 1.66. The van der Waals surface area contributed by atoms with Gasteiger partial charge in [0.1, 0.15) is 11.6 Å². The highest BCUT2D eigenvalue weighted by atomic mass is 35.5. The van der Waals surface area contributed by atoms with Gasteiger partial charge in [-0.25, -0.2) is 9.78 Å². The lowest BCUT2D eigenvalue weighted by Gasteiger charge is -2.11. The molecule has 0 saturated heterocycles. The van der Waals surface area contributed by atoms with Gasteiger partial charge in [0.15, 0.2) is 0 Å². The second-order valence-corrected chi connectivity index (χ2v) is 8.41. The molecule has 1 aromatic heterocycles. The van der Waals surface area contributed by atoms with Gasteiger partial charge in [0.2, 0.25) is 0 Å². The first kappa shape index (κ1) is 22.0. The number of hydrogen-bond donors (Lipinski definition) is 0. The summed E-state index contributed by atoms with van der Waals surface area (Å²) < 4.78 is 7.69. The monoisotopic (exact) mass is 484 g/mol. The molecule has 166 valence electrons. The number of nitrogens with zero attached hydrogens (tertiary/aromatic N) is 2. The summed E-state index contributed by atoms with van der Waals surface area (Å²) in [4.78, 5) is 18.2. The van der Waals surface area contributed by atoms with E-state index in [9.17, 15) is 4.79 Å². The average molecular weight is 485 g/mol. The maximum atomic E-state index is 13.4. The van der Waals surface area contributed by atoms with Crippen LogP contribution in [0.1, 0.15) is 11.4 Å². The molecule has 0 aliphatic heterocycles. The standard InChI is InChI=1S/C28H18Cl2N2O2/c29-20-12-10-19(11-13-20)24(28(33)34-23-16-14-21(30)15-17-23)18-27-31-25-8-4-5-9-26(25)32(27)22-6-2-1-3-7-22/h1-18H/b24-18-. The van der Waals surface area contributed by atoms with Crippen LogP contribution in [0.15, 0.2) is 103 Å². The van der Waals surface area contributed by atoms with Crippen LogP contribution in [0.4, 0.5) is 0 Å². The fraction of sp³-hybridized carbons (Fsp3) is 0. The molecular formula is C28H18Cl2N2O2. The van der Waals surface area contributed by atoms with Gasteiger partial charge >= 0.3 is 5.97 Å². The number of para-hydroxylation sites is 3. The Bertz CT molecular complexity index is 1490. The van der Waals surface area contributed by atoms with Crippen LogP contribution in [0.25, 0.3) is 28.4 Å². The number of hydrogen-bond acceptors (Lipinski definition) is 3. The van der Waals surface area contributed by atoms with Gasteiger partial charge in [-0.15, -0.1) is 0 Å². The highest BCUT2D eigenvalue weighted by molar-refractivity contribution is 6.31. The molecule has 5 rings (SSSR count). The number of esters is 1. The quantitative estimate of drug-likeness (QED) is 0.147. The molecule has 0 unspecified atom stereocenters. The van der Waals surface area contributed by atoms with Crippen molar-refractivity contribution in [2.45, 2.75) is 0 Å². The van der Waals surface area contributed by atoms with Gasteiger partial charge in [-0.2, -0.15) is 0 Å². The van der Waals surface area contributed by atoms with Crippen LogP contribution < -0.4 is 4.74 Å². The second kappa shape index (κ2) is 9.56. The molecule has 0 saturated carbocycles. The van der Waals surface area contributed by atoms with Gasteiger partial charge < -0.3 is 4.74 Å². The molecule has 1 heterocycles. The zero-order valence-electron chi connectivity index (χ0n) is 17.9. The molecule has 0 aliphatic rings. The Morgan fingerprint density at radius 2 is 1.38 bits per heavy atom. The van der Waals surface area contributed by atoms with Crippen molar-refractivity contribution in [1.82, 2.24) is 9.55 Å². The lowest BCUT2D eigenvalue weighted by Crippen LogP contribution is -2.11. The minimum atomic E-state index is -0.517. The van der Waals surface area contributed by atoms with Crippen molar-refractivity contribution in [1.29, 1.82) is 0 Å². The van der Waals surface area contributed by atoms with E-state index in [1.165, 1.54) is 0 Å². The molecule has 0 N–H and O–H groups in total. The third-order valence-corrected chi connectivity index (χ3v) is 5.78. The zero-order valence-corrected chi connectivity index (χ0v) is 19.4. The van der Waals surface area contributed by atoms with Crippen LogP contribution in [-0.2, 0) is 4.79 Å². The van der Waals surface area contributed by atoms with Crippen LogP contribution >= 0.6 is 23.2 Å². The minimum absolute atomic E-state index is 0.346. The average Bonchev–Trinajstić information content (AvgIpc) is 3.23. The molecule has 0 spiro atoms. The largest absolute Gasteiger partial charge is 0.423 e. The number of rotatable bonds is 5. The summed E-state index contributed by atoms with van der Waals surface area (Å²) in [6, 6.07) is 31.4. The number of halogens is 2. The van der Waals surface area contributed by atoms with Crippen molar-refractivity contribution in [3.63, 3.8) is 0 Å². The van der Waals surface area contributed by atoms with E-state index in [1.54, 1.807) is 54.6 Å². The van der Waals surface area contributed by atoms with Crippen LogP contribution in [0.3, 0.4) is 0 Å². The third-order valence-electron chi connectivity index (χ3n) is 5.27. The fourth-order valence-corrected chi connectivity index (χ4v) is 3.93. The number of ether oxygens (including phenoxy) is 1. The normalized spacial score (nSPS) is 11.5. The predicted molar refractivity (Wildman–Crippen MR) is 137 cm³/mol. The van der Waals surface area contributed by atoms with Crippen LogP contribution in [-0.4, -0.2) is 15.5 Å². The van der Waals surface area contributed by atoms with E-state index in [2.05, 4.69) is 0 Å². The highest BCUT2D eigenvalue weighted by Gasteiger charge is 2.18. The van der Waals surface area contributed by atoms with E-state index in [1.807, 2.05) is 59.2 Å². The maximum Gasteiger partial charge on any atom is 0.344 e. The van der Waals surface area contributed by atoms with Crippen molar-refractivity contribution >= 4 is 51.9 Å². The topological polar surface area (TPSA) is 44.1 Å². The summed E-state index contributed by atoms with van der Waals surface area (Å²) in [5.74, 6) is 0.479. The summed E-state index contributed by atoms with van der Waals surface area (Å²) >= 11 is 12.1. The summed E-state index contributed by atoms with van der Waals surface area (Å²) in [7, 11) is 0. The number of aromatic nitrogens is 2. The molecule has 0 fully saturated rings. The van der Waals surface area contributed by atoms with Crippen molar-refractivity contribution in [2.24, 2.45) is 0 Å². The van der Waals surface area contributed by atoms with Gasteiger partial charge in [0, 0.05) is 15.7 Å². The Morgan fingerprint density at radius 1 is 0.765 bits per heavy atom. The molecule has 0 aliphatic carbocycles. The lowest BCUT2D eigenvalue weighted by molar-refractivity contribution is -0.127. The van der Waals surface area contributed by atoms with Gasteiger partial charge in [-0.1, -0.05) is 65.7 Å². The van der Waals surface area contributed by atoms with Crippen molar-refractivity contribution < 1.29 is 9.53 Å². The maximum absolute atomic E-state index is 13.4. The molecule has 4 aromatic carbocycles. The Hall–Kier alpha value is -3.86. The Kier molecular flexibility index (Phi) is 6.17. The SMILES string of the molecule is O=C(Oc1ccc(Cl)cc1)/C(=C\c1nc2ccccc2n1-c1ccccc1)c1ccc(Cl)cc1. The van der Waals surface area contributed by atoms with Gasteiger partial charge in [0.05, 0.1) is 16.6 Å². The number of carbonyl (C=O) groups is 1. The first-order valence-electron chi connectivity index (χ1n) is 10.6. The summed E-state index contributed by atoms with van der Waals surface area (Å²) in [6.45, 7) is 0. The lowest BCUT2D eigenvalue weighted by atomic mass is 10.1. The summed E-state index contributed by atoms with van der Waals surface area (Å²) in [5.41, 5.74) is 3.69. The molecule has 0 bridgehead atoms. The van der Waals surface area contributed by atoms with E-state index in [0.717, 1.165) is 16.7 Å². The first-order valence-corrected chi connectivity index (χ1v) is 11.3. The Morgan fingerprint density at radius 3 is 2.09 bits per heavy atom. The van der Waals surface area contributed by atoms with Crippen LogP contribution in [0, 0.1) is 0 Å². The van der Waals surface area contributed by atoms with Crippen molar-refractivity contribution in [3.8, 4) is 11.4 Å². The van der Waals surface area contributed by atoms with Crippen LogP contribution in [0.5, 0.6) is 5.75 Å². The number of imidazole rings is 1. The number of carbonyl (C=O) groups excluding carboxylic acids is 1. The third kappa shape index (κ3) is 4.60. The molecule has 0 amide bonds. The van der Waals surface area contributed by atoms with E-state index >= 15 is 0 Å². The molecular weight excluding hydrogens is 467 g/mol. The summed E-state index contributed by atoms with van der Waals surface area (Å²) in [5, 5.41) is 1.13. The molecule has 5 aromatic rings. The zero-order chi connectivity index (χ0) is 23.5. The summed E-state index contributed by atoms with van der Waals surface area (Å²) in [6.07, 6.45) is 1.74. The predicted octanol–water partition coefficient (Wildman–Crippen LogP) is 7.48. The molecule has 4 nitrogen and oxygen atoms in total. The number of benzene rings is 4. The molecule has 6 heteroatoms. The first-order chi connectivity index (χ1) is 16.6. The van der Waals surface area contributed by atoms with Gasteiger partial charge in [-0.05, 0) is 72.3 Å². The Labute approximate surface area is 206 Å². The second-order valence-electron chi connectivity index (χ2n) is 7.54. The highest BCUT2D eigenvalue weighted by Crippen LogP contribution is 2.27. The van der Waals surface area contributed by atoms with Crippen LogP contribution in [0.2, 0.25) is 10.0 Å². The van der Waals surface area contributed by atoms with Crippen molar-refractivity contribution in [2.75, 3.05) is 0 Å². The fourth-order valence-electron chi connectivity index (χ4n) is 3.67. The van der Waals surface area contributed by atoms with E-state index in [4.69, 9.17) is 32.9 Å². The molecule has 34 heavy (non-hydrogen) atoms. The molecule has 0 radical (unpaired) electrons. The molecule has 0 atom stereocenters. The van der Waals surface area contributed by atoms with Gasteiger partial charge in [0.25, 0.3) is 0 Å². The van der Waals surface area contributed by atoms with Gasteiger partial charge in [-0.3, -0.25) is 4.57 Å². The number of fused-ring (bicyclic) bond motifs is 1. The minimum Gasteiger partial charge on any atom is -0.423 e. The van der Waals surface area contributed by atoms with Crippen molar-refractivity contribution in [3.05, 3.63) is 125 Å². The van der Waals surface area contributed by atoms with E-state index < -0.39 is 5.97 Å².